The van der Waals surface area contributed by atoms with Gasteiger partial charge >= 0.3 is 0 Å². The van der Waals surface area contributed by atoms with E-state index in [4.69, 9.17) is 9.68 Å². The molecule has 6 aromatic carbocycles. The molecule has 8 rings (SSSR count). The number of Topliss-reactive ketones (excluding diaryl/α,β-unsaturated/α-hetero) is 2. The number of para-hydroxylation sites is 2. The summed E-state index contributed by atoms with van der Waals surface area (Å²) in [6.07, 6.45) is 0. The van der Waals surface area contributed by atoms with Crippen LogP contribution in [0.15, 0.2) is 182 Å². The Labute approximate surface area is 279 Å². The lowest BCUT2D eigenvalue weighted by Crippen LogP contribution is -2.55. The summed E-state index contributed by atoms with van der Waals surface area (Å²) in [5, 5.41) is 3.49. The molecule has 0 aliphatic carbocycles. The van der Waals surface area contributed by atoms with Gasteiger partial charge in [0.1, 0.15) is 12.1 Å². The van der Waals surface area contributed by atoms with E-state index in [2.05, 4.69) is 0 Å². The Balaban J connectivity index is 1.49. The average Bonchev–Trinajstić information content (AvgIpc) is 3.73. The van der Waals surface area contributed by atoms with Crippen molar-refractivity contribution in [2.75, 3.05) is 10.1 Å². The summed E-state index contributed by atoms with van der Waals surface area (Å²) in [4.78, 5) is 45.1. The van der Waals surface area contributed by atoms with E-state index in [1.807, 2.05) is 158 Å². The summed E-state index contributed by atoms with van der Waals surface area (Å²) in [5.41, 5.74) is 0.334. The summed E-state index contributed by atoms with van der Waals surface area (Å²) >= 11 is 0. The third-order valence-corrected chi connectivity index (χ3v) is 9.30. The Kier molecular flexibility index (Phi) is 7.44. The molecule has 6 heteroatoms. The minimum absolute atomic E-state index is 0.247. The molecule has 6 aromatic rings. The van der Waals surface area contributed by atoms with Gasteiger partial charge in [0.05, 0.1) is 11.4 Å². The molecule has 0 aromatic heterocycles. The van der Waals surface area contributed by atoms with E-state index >= 15 is 9.59 Å². The molecule has 0 amide bonds. The lowest BCUT2D eigenvalue weighted by molar-refractivity contribution is -0.0656. The number of carbonyl (C=O) groups excluding carboxylic acids is 2. The Morgan fingerprint density at radius 1 is 0.396 bits per heavy atom. The highest BCUT2D eigenvalue weighted by atomic mass is 16.8. The number of ketones is 2. The Morgan fingerprint density at radius 2 is 0.667 bits per heavy atom. The predicted molar refractivity (Wildman–Crippen MR) is 185 cm³/mol. The van der Waals surface area contributed by atoms with Crippen LogP contribution >= 0.6 is 0 Å². The van der Waals surface area contributed by atoms with E-state index in [1.165, 1.54) is 0 Å². The molecule has 0 saturated carbocycles. The van der Waals surface area contributed by atoms with Crippen LogP contribution in [0.1, 0.15) is 31.8 Å². The van der Waals surface area contributed by atoms with Crippen LogP contribution in [0, 0.1) is 0 Å². The Hall–Kier alpha value is -5.82. The molecule has 6 nitrogen and oxygen atoms in total. The van der Waals surface area contributed by atoms with Crippen LogP contribution in [-0.4, -0.2) is 23.7 Å². The SMILES string of the molecule is O=C(c1ccccc1)C1(c2ccccc2)ON(c2ccccc2)C2C1N(c1ccccc1)OC2(C(=O)c1ccccc1)c1ccccc1. The van der Waals surface area contributed by atoms with E-state index in [-0.39, 0.29) is 11.6 Å². The summed E-state index contributed by atoms with van der Waals surface area (Å²) in [6, 6.07) is 55.0. The first kappa shape index (κ1) is 29.6. The second-order valence-electron chi connectivity index (χ2n) is 12.0. The zero-order valence-electron chi connectivity index (χ0n) is 26.0. The quantitative estimate of drug-likeness (QED) is 0.159. The zero-order valence-corrected chi connectivity index (χ0v) is 26.0. The topological polar surface area (TPSA) is 59.1 Å². The zero-order chi connectivity index (χ0) is 32.6. The van der Waals surface area contributed by atoms with E-state index in [0.29, 0.717) is 33.6 Å². The van der Waals surface area contributed by atoms with E-state index < -0.39 is 23.3 Å². The number of hydroxylamine groups is 2. The lowest BCUT2D eigenvalue weighted by atomic mass is 9.71. The van der Waals surface area contributed by atoms with Gasteiger partial charge in [-0.25, -0.2) is 10.1 Å². The summed E-state index contributed by atoms with van der Waals surface area (Å²) < 4.78 is 0. The van der Waals surface area contributed by atoms with Gasteiger partial charge in [-0.3, -0.25) is 19.3 Å². The Morgan fingerprint density at radius 3 is 0.979 bits per heavy atom. The third kappa shape index (κ3) is 4.57. The fraction of sp³-hybridized carbons (Fsp3) is 0.0952. The maximum atomic E-state index is 15.3. The van der Waals surface area contributed by atoms with Crippen molar-refractivity contribution < 1.29 is 19.3 Å². The van der Waals surface area contributed by atoms with Crippen molar-refractivity contribution in [3.8, 4) is 0 Å². The van der Waals surface area contributed by atoms with Crippen molar-refractivity contribution >= 4 is 22.9 Å². The van der Waals surface area contributed by atoms with Gasteiger partial charge in [-0.05, 0) is 35.4 Å². The molecule has 234 valence electrons. The van der Waals surface area contributed by atoms with E-state index in [9.17, 15) is 0 Å². The molecule has 0 radical (unpaired) electrons. The molecular weight excluding hydrogens is 596 g/mol. The highest BCUT2D eigenvalue weighted by molar-refractivity contribution is 6.07. The largest absolute Gasteiger partial charge is 0.290 e. The Bertz CT molecular complexity index is 1880. The second-order valence-corrected chi connectivity index (χ2v) is 12.0. The molecule has 4 atom stereocenters. The van der Waals surface area contributed by atoms with Gasteiger partial charge in [-0.1, -0.05) is 158 Å². The molecule has 0 spiro atoms. The van der Waals surface area contributed by atoms with Crippen molar-refractivity contribution in [1.82, 2.24) is 0 Å². The van der Waals surface area contributed by atoms with Crippen molar-refractivity contribution in [2.45, 2.75) is 23.3 Å². The normalized spacial score (nSPS) is 23.1. The third-order valence-electron chi connectivity index (χ3n) is 9.30. The number of hydrogen-bond acceptors (Lipinski definition) is 6. The van der Waals surface area contributed by atoms with Crippen LogP contribution in [0.3, 0.4) is 0 Å². The second kappa shape index (κ2) is 12.1. The molecule has 0 N–H and O–H groups in total. The first-order chi connectivity index (χ1) is 23.6. The first-order valence-electron chi connectivity index (χ1n) is 16.0. The smallest absolute Gasteiger partial charge is 0.208 e. The van der Waals surface area contributed by atoms with Gasteiger partial charge in [0.25, 0.3) is 0 Å². The van der Waals surface area contributed by atoms with Crippen molar-refractivity contribution in [3.05, 3.63) is 204 Å². The lowest BCUT2D eigenvalue weighted by Gasteiger charge is -2.38. The number of carbonyl (C=O) groups is 2. The molecular formula is C42H32N2O4. The number of nitrogens with zero attached hydrogens (tertiary/aromatic N) is 2. The van der Waals surface area contributed by atoms with Gasteiger partial charge in [0.15, 0.2) is 0 Å². The van der Waals surface area contributed by atoms with Crippen LogP contribution in [0.5, 0.6) is 0 Å². The van der Waals surface area contributed by atoms with Crippen molar-refractivity contribution in [3.63, 3.8) is 0 Å². The first-order valence-corrected chi connectivity index (χ1v) is 16.0. The van der Waals surface area contributed by atoms with Crippen LogP contribution in [0.2, 0.25) is 0 Å². The van der Waals surface area contributed by atoms with Crippen LogP contribution in [-0.2, 0) is 20.9 Å². The van der Waals surface area contributed by atoms with Gasteiger partial charge in [-0.15, -0.1) is 0 Å². The van der Waals surface area contributed by atoms with Crippen molar-refractivity contribution in [2.24, 2.45) is 0 Å². The fourth-order valence-electron chi connectivity index (χ4n) is 7.18. The number of rotatable bonds is 8. The molecule has 4 unspecified atom stereocenters. The van der Waals surface area contributed by atoms with Crippen LogP contribution in [0.25, 0.3) is 0 Å². The molecule has 48 heavy (non-hydrogen) atoms. The number of hydrogen-bond donors (Lipinski definition) is 0. The summed E-state index contributed by atoms with van der Waals surface area (Å²) in [6.45, 7) is 0. The average molecular weight is 629 g/mol. The molecule has 0 bridgehead atoms. The highest BCUT2D eigenvalue weighted by Gasteiger charge is 2.75. The molecule has 2 fully saturated rings. The van der Waals surface area contributed by atoms with Crippen LogP contribution in [0.4, 0.5) is 11.4 Å². The molecule has 2 aliphatic heterocycles. The highest BCUT2D eigenvalue weighted by Crippen LogP contribution is 2.58. The summed E-state index contributed by atoms with van der Waals surface area (Å²) in [7, 11) is 0. The van der Waals surface area contributed by atoms with Crippen molar-refractivity contribution in [1.29, 1.82) is 0 Å². The maximum absolute atomic E-state index is 15.3. The molecule has 2 saturated heterocycles. The fourth-order valence-corrected chi connectivity index (χ4v) is 7.18. The monoisotopic (exact) mass is 628 g/mol. The number of fused-ring (bicyclic) bond motifs is 1. The van der Waals surface area contributed by atoms with Gasteiger partial charge in [0.2, 0.25) is 22.8 Å². The van der Waals surface area contributed by atoms with Gasteiger partial charge in [-0.2, -0.15) is 0 Å². The molecule has 2 aliphatic rings. The minimum Gasteiger partial charge on any atom is -0.290 e. The maximum Gasteiger partial charge on any atom is 0.208 e. The van der Waals surface area contributed by atoms with Crippen LogP contribution < -0.4 is 10.1 Å². The van der Waals surface area contributed by atoms with E-state index in [0.717, 1.165) is 0 Å². The molecule has 2 heterocycles. The van der Waals surface area contributed by atoms with E-state index in [1.54, 1.807) is 34.4 Å². The summed E-state index contributed by atoms with van der Waals surface area (Å²) in [5.74, 6) is -0.494. The van der Waals surface area contributed by atoms with Gasteiger partial charge < -0.3 is 0 Å². The predicted octanol–water partition coefficient (Wildman–Crippen LogP) is 8.18. The standard InChI is InChI=1S/C42H32N2O4/c45-39(31-19-7-1-8-20-31)41(33-23-11-3-12-24-33)37-38(44(47-41)36-29-17-6-18-30-36)42(34-25-13-4-14-26-34,40(46)32-21-9-2-10-22-32)48-43(37)35-27-15-5-16-28-35/h1-30,37-38H. The van der Waals surface area contributed by atoms with Gasteiger partial charge in [0, 0.05) is 11.1 Å². The number of benzene rings is 6. The number of anilines is 2. The minimum atomic E-state index is -1.65.